The minimum atomic E-state index is 0.688. The molecule has 2 rings (SSSR count). The van der Waals surface area contributed by atoms with E-state index in [-0.39, 0.29) is 0 Å². The molecule has 0 heterocycles. The van der Waals surface area contributed by atoms with Crippen molar-refractivity contribution < 1.29 is 0 Å². The Morgan fingerprint density at radius 2 is 1.09 bits per heavy atom. The first kappa shape index (κ1) is 17.3. The molecule has 0 atom stereocenters. The third-order valence-electron chi connectivity index (χ3n) is 2.96. The molecule has 0 amide bonds. The van der Waals surface area contributed by atoms with Crippen molar-refractivity contribution >= 4 is 66.0 Å². The minimum Gasteiger partial charge on any atom is -0.340 e. The van der Waals surface area contributed by atoms with Crippen molar-refractivity contribution in [3.8, 4) is 0 Å². The van der Waals surface area contributed by atoms with Gasteiger partial charge in [-0.1, -0.05) is 60.8 Å². The summed E-state index contributed by atoms with van der Waals surface area (Å²) in [6, 6.07) is 16.1. The molecule has 114 valence electrons. The normalized spacial score (nSPS) is 10.1. The molecule has 0 bridgehead atoms. The molecule has 2 N–H and O–H groups in total. The topological polar surface area (TPSA) is 24.1 Å². The van der Waals surface area contributed by atoms with Gasteiger partial charge in [0.15, 0.2) is 0 Å². The predicted octanol–water partition coefficient (Wildman–Crippen LogP) is 5.78. The Bertz CT molecular complexity index is 626. The summed E-state index contributed by atoms with van der Waals surface area (Å²) in [7, 11) is 2.89. The summed E-state index contributed by atoms with van der Waals surface area (Å²) in [5, 5.41) is 6.45. The van der Waals surface area contributed by atoms with E-state index in [1.807, 2.05) is 62.4 Å². The monoisotopic (exact) mass is 364 g/mol. The Hall–Kier alpha value is -1.08. The second-order valence-corrected chi connectivity index (χ2v) is 8.10. The number of rotatable bonds is 2. The number of hydrogen-bond donors (Lipinski definition) is 2. The van der Waals surface area contributed by atoms with Crippen molar-refractivity contribution in [3.63, 3.8) is 0 Å². The smallest absolute Gasteiger partial charge is 0.149 e. The second-order valence-electron chi connectivity index (χ2n) is 4.62. The maximum Gasteiger partial charge on any atom is 0.149 e. The Balaban J connectivity index is 1.82. The lowest BCUT2D eigenvalue weighted by atomic mass is 10.2. The molecule has 2 aromatic rings. The SMILES string of the molecule is Cc1ccccc1NC(=S)SSC(=S)Nc1ccccc1C. The van der Waals surface area contributed by atoms with E-state index < -0.39 is 0 Å². The average Bonchev–Trinajstić information content (AvgIpc) is 2.50. The van der Waals surface area contributed by atoms with Gasteiger partial charge in [-0.25, -0.2) is 0 Å². The van der Waals surface area contributed by atoms with Crippen molar-refractivity contribution in [2.45, 2.75) is 13.8 Å². The Kier molecular flexibility index (Phi) is 6.70. The summed E-state index contributed by atoms with van der Waals surface area (Å²) in [4.78, 5) is 0. The molecule has 0 aliphatic rings. The highest BCUT2D eigenvalue weighted by Gasteiger charge is 2.06. The number of anilines is 2. The van der Waals surface area contributed by atoms with Crippen molar-refractivity contribution in [2.75, 3.05) is 10.6 Å². The fourth-order valence-electron chi connectivity index (χ4n) is 1.76. The molecule has 0 spiro atoms. The molecular weight excluding hydrogens is 348 g/mol. The summed E-state index contributed by atoms with van der Waals surface area (Å²) in [6.45, 7) is 4.10. The molecule has 0 aliphatic heterocycles. The van der Waals surface area contributed by atoms with Crippen molar-refractivity contribution in [3.05, 3.63) is 59.7 Å². The molecule has 0 aromatic heterocycles. The van der Waals surface area contributed by atoms with E-state index >= 15 is 0 Å². The first-order chi connectivity index (χ1) is 10.6. The fourth-order valence-corrected chi connectivity index (χ4v) is 3.75. The van der Waals surface area contributed by atoms with E-state index in [0.717, 1.165) is 22.5 Å². The molecule has 0 radical (unpaired) electrons. The van der Waals surface area contributed by atoms with Gasteiger partial charge in [0.2, 0.25) is 0 Å². The maximum atomic E-state index is 5.35. The van der Waals surface area contributed by atoms with Crippen LogP contribution < -0.4 is 10.6 Å². The van der Waals surface area contributed by atoms with Gasteiger partial charge in [0.1, 0.15) is 8.64 Å². The molecule has 22 heavy (non-hydrogen) atoms. The number of hydrogen-bond acceptors (Lipinski definition) is 4. The third-order valence-corrected chi connectivity index (χ3v) is 6.13. The van der Waals surface area contributed by atoms with Gasteiger partial charge < -0.3 is 10.6 Å². The predicted molar refractivity (Wildman–Crippen MR) is 110 cm³/mol. The minimum absolute atomic E-state index is 0.688. The van der Waals surface area contributed by atoms with Crippen LogP contribution >= 0.6 is 46.0 Å². The van der Waals surface area contributed by atoms with E-state index in [0.29, 0.717) is 8.64 Å². The van der Waals surface area contributed by atoms with Crippen molar-refractivity contribution in [2.24, 2.45) is 0 Å². The van der Waals surface area contributed by atoms with Crippen LogP contribution in [0.4, 0.5) is 11.4 Å². The Morgan fingerprint density at radius 1 is 0.727 bits per heavy atom. The lowest BCUT2D eigenvalue weighted by Crippen LogP contribution is -2.08. The summed E-state index contributed by atoms with van der Waals surface area (Å²) in [5.41, 5.74) is 4.38. The van der Waals surface area contributed by atoms with E-state index in [1.165, 1.54) is 21.6 Å². The van der Waals surface area contributed by atoms with E-state index in [4.69, 9.17) is 24.4 Å². The van der Waals surface area contributed by atoms with E-state index in [1.54, 1.807) is 0 Å². The first-order valence-electron chi connectivity index (χ1n) is 6.64. The van der Waals surface area contributed by atoms with Gasteiger partial charge in [-0.15, -0.1) is 0 Å². The molecule has 0 fully saturated rings. The Labute approximate surface area is 149 Å². The van der Waals surface area contributed by atoms with E-state index in [2.05, 4.69) is 10.6 Å². The number of para-hydroxylation sites is 2. The molecule has 0 unspecified atom stereocenters. The summed E-state index contributed by atoms with van der Waals surface area (Å²) in [6.07, 6.45) is 0. The summed E-state index contributed by atoms with van der Waals surface area (Å²) in [5.74, 6) is 0. The zero-order valence-electron chi connectivity index (χ0n) is 12.3. The molecule has 0 aliphatic carbocycles. The number of aryl methyl sites for hydroxylation is 2. The number of benzene rings is 2. The zero-order chi connectivity index (χ0) is 15.9. The lowest BCUT2D eigenvalue weighted by Gasteiger charge is -2.11. The maximum absolute atomic E-state index is 5.35. The van der Waals surface area contributed by atoms with Gasteiger partial charge in [-0.2, -0.15) is 0 Å². The van der Waals surface area contributed by atoms with Gasteiger partial charge >= 0.3 is 0 Å². The molecule has 0 saturated carbocycles. The van der Waals surface area contributed by atoms with Crippen LogP contribution in [0.5, 0.6) is 0 Å². The second kappa shape index (κ2) is 8.53. The van der Waals surface area contributed by atoms with Crippen LogP contribution in [-0.4, -0.2) is 8.64 Å². The fraction of sp³-hybridized carbons (Fsp3) is 0.125. The van der Waals surface area contributed by atoms with Crippen LogP contribution in [0.15, 0.2) is 48.5 Å². The van der Waals surface area contributed by atoms with Crippen LogP contribution in [0.2, 0.25) is 0 Å². The number of nitrogens with one attached hydrogen (secondary N) is 2. The van der Waals surface area contributed by atoms with Crippen molar-refractivity contribution in [1.82, 2.24) is 0 Å². The van der Waals surface area contributed by atoms with Gasteiger partial charge in [-0.05, 0) is 58.7 Å². The molecule has 0 saturated heterocycles. The van der Waals surface area contributed by atoms with E-state index in [9.17, 15) is 0 Å². The molecule has 2 nitrogen and oxygen atoms in total. The number of thiocarbonyl (C=S) groups is 2. The summed E-state index contributed by atoms with van der Waals surface area (Å²) < 4.78 is 1.38. The average molecular weight is 365 g/mol. The van der Waals surface area contributed by atoms with Gasteiger partial charge in [0.05, 0.1) is 0 Å². The van der Waals surface area contributed by atoms with Gasteiger partial charge in [0.25, 0.3) is 0 Å². The highest BCUT2D eigenvalue weighted by molar-refractivity contribution is 8.89. The van der Waals surface area contributed by atoms with Gasteiger partial charge in [0, 0.05) is 11.4 Å². The molecule has 2 aromatic carbocycles. The third kappa shape index (κ3) is 5.28. The van der Waals surface area contributed by atoms with Crippen molar-refractivity contribution in [1.29, 1.82) is 0 Å². The lowest BCUT2D eigenvalue weighted by molar-refractivity contribution is 1.46. The van der Waals surface area contributed by atoms with Crippen LogP contribution in [0.1, 0.15) is 11.1 Å². The Morgan fingerprint density at radius 3 is 1.45 bits per heavy atom. The van der Waals surface area contributed by atoms with Gasteiger partial charge in [-0.3, -0.25) is 0 Å². The quantitative estimate of drug-likeness (QED) is 0.518. The molecular formula is C16H16N2S4. The molecule has 6 heteroatoms. The standard InChI is InChI=1S/C16H16N2S4/c1-11-7-3-5-9-13(11)17-15(19)21-22-16(20)18-14-10-6-4-8-12(14)2/h3-10H,1-2H3,(H,17,19)(H,18,20). The highest BCUT2D eigenvalue weighted by Crippen LogP contribution is 2.28. The van der Waals surface area contributed by atoms with Crippen LogP contribution in [0.3, 0.4) is 0 Å². The van der Waals surface area contributed by atoms with Crippen LogP contribution in [0, 0.1) is 13.8 Å². The van der Waals surface area contributed by atoms with Crippen LogP contribution in [-0.2, 0) is 0 Å². The van der Waals surface area contributed by atoms with Crippen LogP contribution in [0.25, 0.3) is 0 Å². The zero-order valence-corrected chi connectivity index (χ0v) is 15.5. The first-order valence-corrected chi connectivity index (χ1v) is 9.60. The highest BCUT2D eigenvalue weighted by atomic mass is 33.1. The largest absolute Gasteiger partial charge is 0.340 e. The summed E-state index contributed by atoms with van der Waals surface area (Å²) >= 11 is 10.7.